The molecule has 15 heavy (non-hydrogen) atoms. The Morgan fingerprint density at radius 3 is 2.73 bits per heavy atom. The van der Waals surface area contributed by atoms with Crippen molar-refractivity contribution >= 4 is 5.97 Å². The monoisotopic (exact) mass is 216 g/mol. The maximum atomic E-state index is 11.6. The van der Waals surface area contributed by atoms with E-state index in [1.54, 1.807) is 6.92 Å². The van der Waals surface area contributed by atoms with Crippen LogP contribution < -0.4 is 0 Å². The van der Waals surface area contributed by atoms with Crippen LogP contribution in [-0.4, -0.2) is 35.5 Å². The van der Waals surface area contributed by atoms with Gasteiger partial charge in [-0.15, -0.1) is 0 Å². The van der Waals surface area contributed by atoms with Crippen LogP contribution in [0.15, 0.2) is 0 Å². The molecule has 4 heteroatoms. The molecule has 0 aromatic heterocycles. The first-order chi connectivity index (χ1) is 6.96. The summed E-state index contributed by atoms with van der Waals surface area (Å²) >= 11 is 0. The van der Waals surface area contributed by atoms with Gasteiger partial charge in [-0.3, -0.25) is 0 Å². The van der Waals surface area contributed by atoms with Gasteiger partial charge >= 0.3 is 5.97 Å². The van der Waals surface area contributed by atoms with E-state index in [1.165, 1.54) is 0 Å². The number of rotatable bonds is 3. The Labute approximate surface area is 90.6 Å². The van der Waals surface area contributed by atoms with Crippen LogP contribution in [0.1, 0.15) is 40.0 Å². The average molecular weight is 216 g/mol. The third kappa shape index (κ3) is 2.69. The van der Waals surface area contributed by atoms with E-state index in [2.05, 4.69) is 0 Å². The Morgan fingerprint density at radius 1 is 1.53 bits per heavy atom. The molecule has 1 rings (SSSR count). The summed E-state index contributed by atoms with van der Waals surface area (Å²) < 4.78 is 10.4. The lowest BCUT2D eigenvalue weighted by Crippen LogP contribution is -2.52. The van der Waals surface area contributed by atoms with Crippen molar-refractivity contribution in [3.05, 3.63) is 0 Å². The van der Waals surface area contributed by atoms with Crippen molar-refractivity contribution in [2.24, 2.45) is 0 Å². The second-order valence-electron chi connectivity index (χ2n) is 4.33. The maximum Gasteiger partial charge on any atom is 0.338 e. The Balaban J connectivity index is 2.72. The molecule has 0 radical (unpaired) electrons. The van der Waals surface area contributed by atoms with E-state index >= 15 is 0 Å². The summed E-state index contributed by atoms with van der Waals surface area (Å²) in [6.07, 6.45) is 1.41. The predicted octanol–water partition coefficient (Wildman–Crippen LogP) is 1.26. The summed E-state index contributed by atoms with van der Waals surface area (Å²) in [6, 6.07) is 0. The first kappa shape index (κ1) is 12.5. The quantitative estimate of drug-likeness (QED) is 0.722. The van der Waals surface area contributed by atoms with Gasteiger partial charge in [0.15, 0.2) is 5.60 Å². The van der Waals surface area contributed by atoms with Crippen molar-refractivity contribution in [1.82, 2.24) is 0 Å². The highest BCUT2D eigenvalue weighted by Crippen LogP contribution is 2.35. The van der Waals surface area contributed by atoms with Gasteiger partial charge in [0.2, 0.25) is 0 Å². The van der Waals surface area contributed by atoms with E-state index < -0.39 is 17.2 Å². The molecule has 0 aromatic rings. The number of aliphatic hydroxyl groups is 1. The van der Waals surface area contributed by atoms with Gasteiger partial charge in [0, 0.05) is 12.8 Å². The lowest BCUT2D eigenvalue weighted by atomic mass is 9.82. The molecule has 1 aliphatic rings. The van der Waals surface area contributed by atoms with E-state index in [9.17, 15) is 9.90 Å². The van der Waals surface area contributed by atoms with Crippen molar-refractivity contribution in [2.75, 3.05) is 13.2 Å². The summed E-state index contributed by atoms with van der Waals surface area (Å²) in [5, 5.41) is 10.2. The normalized spacial score (nSPS) is 36.3. The molecule has 88 valence electrons. The molecule has 2 unspecified atom stereocenters. The zero-order valence-electron chi connectivity index (χ0n) is 9.71. The van der Waals surface area contributed by atoms with Crippen molar-refractivity contribution in [2.45, 2.75) is 51.2 Å². The highest BCUT2D eigenvalue weighted by atomic mass is 16.6. The molecule has 1 N–H and O–H groups in total. The van der Waals surface area contributed by atoms with E-state index in [-0.39, 0.29) is 0 Å². The standard InChI is InChI=1S/C11H20O4/c1-4-10(3)8-11(13,6-7-15-10)9(12)14-5-2/h13H,4-8H2,1-3H3. The van der Waals surface area contributed by atoms with Crippen LogP contribution in [0.2, 0.25) is 0 Å². The second kappa shape index (κ2) is 4.49. The lowest BCUT2D eigenvalue weighted by Gasteiger charge is -2.41. The van der Waals surface area contributed by atoms with Crippen LogP contribution in [-0.2, 0) is 14.3 Å². The molecule has 0 amide bonds. The summed E-state index contributed by atoms with van der Waals surface area (Å²) in [6.45, 7) is 6.33. The van der Waals surface area contributed by atoms with Gasteiger partial charge in [0.05, 0.1) is 18.8 Å². The van der Waals surface area contributed by atoms with Crippen molar-refractivity contribution in [3.63, 3.8) is 0 Å². The van der Waals surface area contributed by atoms with E-state index in [4.69, 9.17) is 9.47 Å². The van der Waals surface area contributed by atoms with Gasteiger partial charge in [0.1, 0.15) is 0 Å². The molecule has 0 aromatic carbocycles. The topological polar surface area (TPSA) is 55.8 Å². The van der Waals surface area contributed by atoms with Crippen molar-refractivity contribution in [1.29, 1.82) is 0 Å². The van der Waals surface area contributed by atoms with Gasteiger partial charge < -0.3 is 14.6 Å². The van der Waals surface area contributed by atoms with Crippen LogP contribution in [0.4, 0.5) is 0 Å². The van der Waals surface area contributed by atoms with Crippen LogP contribution in [0.25, 0.3) is 0 Å². The van der Waals surface area contributed by atoms with Gasteiger partial charge in [-0.05, 0) is 20.3 Å². The second-order valence-corrected chi connectivity index (χ2v) is 4.33. The number of carbonyl (C=O) groups is 1. The molecule has 0 aliphatic carbocycles. The Morgan fingerprint density at radius 2 is 2.20 bits per heavy atom. The van der Waals surface area contributed by atoms with Gasteiger partial charge in [-0.25, -0.2) is 4.79 Å². The molecule has 0 spiro atoms. The first-order valence-electron chi connectivity index (χ1n) is 5.49. The SMILES string of the molecule is CCOC(=O)C1(O)CCOC(C)(CC)C1. The molecular formula is C11H20O4. The summed E-state index contributed by atoms with van der Waals surface area (Å²) in [7, 11) is 0. The number of hydrogen-bond acceptors (Lipinski definition) is 4. The molecule has 2 atom stereocenters. The smallest absolute Gasteiger partial charge is 0.338 e. The minimum atomic E-state index is -1.36. The minimum Gasteiger partial charge on any atom is -0.464 e. The number of carbonyl (C=O) groups excluding carboxylic acids is 1. The zero-order valence-corrected chi connectivity index (χ0v) is 9.71. The first-order valence-corrected chi connectivity index (χ1v) is 5.49. The van der Waals surface area contributed by atoms with E-state index in [0.717, 1.165) is 6.42 Å². The molecule has 0 bridgehead atoms. The fraction of sp³-hybridized carbons (Fsp3) is 0.909. The van der Waals surface area contributed by atoms with Gasteiger partial charge in [-0.1, -0.05) is 6.92 Å². The molecule has 1 fully saturated rings. The highest BCUT2D eigenvalue weighted by Gasteiger charge is 2.47. The summed E-state index contributed by atoms with van der Waals surface area (Å²) in [4.78, 5) is 11.6. The van der Waals surface area contributed by atoms with Gasteiger partial charge in [-0.2, -0.15) is 0 Å². The Hall–Kier alpha value is -0.610. The van der Waals surface area contributed by atoms with Crippen LogP contribution in [0, 0.1) is 0 Å². The average Bonchev–Trinajstić information content (AvgIpc) is 2.18. The van der Waals surface area contributed by atoms with Crippen molar-refractivity contribution < 1.29 is 19.4 Å². The predicted molar refractivity (Wildman–Crippen MR) is 55.5 cm³/mol. The molecule has 1 heterocycles. The van der Waals surface area contributed by atoms with Crippen LogP contribution in [0.5, 0.6) is 0 Å². The summed E-state index contributed by atoms with van der Waals surface area (Å²) in [5.41, 5.74) is -1.78. The molecule has 4 nitrogen and oxygen atoms in total. The molecule has 0 saturated carbocycles. The Kier molecular flexibility index (Phi) is 3.73. The van der Waals surface area contributed by atoms with Gasteiger partial charge in [0.25, 0.3) is 0 Å². The fourth-order valence-electron chi connectivity index (χ4n) is 1.89. The maximum absolute atomic E-state index is 11.6. The van der Waals surface area contributed by atoms with E-state index in [1.807, 2.05) is 13.8 Å². The van der Waals surface area contributed by atoms with Crippen molar-refractivity contribution in [3.8, 4) is 0 Å². The largest absolute Gasteiger partial charge is 0.464 e. The lowest BCUT2D eigenvalue weighted by molar-refractivity contribution is -0.193. The minimum absolute atomic E-state index is 0.296. The third-order valence-electron chi connectivity index (χ3n) is 3.04. The van der Waals surface area contributed by atoms with E-state index in [0.29, 0.717) is 26.1 Å². The third-order valence-corrected chi connectivity index (χ3v) is 3.04. The number of esters is 1. The Bertz CT molecular complexity index is 241. The fourth-order valence-corrected chi connectivity index (χ4v) is 1.89. The van der Waals surface area contributed by atoms with Crippen LogP contribution in [0.3, 0.4) is 0 Å². The highest BCUT2D eigenvalue weighted by molar-refractivity contribution is 5.79. The molecular weight excluding hydrogens is 196 g/mol. The molecule has 1 saturated heterocycles. The zero-order chi connectivity index (χ0) is 11.5. The number of ether oxygens (including phenoxy) is 2. The number of hydrogen-bond donors (Lipinski definition) is 1. The van der Waals surface area contributed by atoms with Crippen LogP contribution >= 0.6 is 0 Å². The molecule has 1 aliphatic heterocycles. The summed E-state index contributed by atoms with van der Waals surface area (Å²) in [5.74, 6) is -0.520.